The third-order valence-corrected chi connectivity index (χ3v) is 2.37. The molecule has 80 valence electrons. The van der Waals surface area contributed by atoms with E-state index in [1.165, 1.54) is 18.2 Å². The maximum atomic E-state index is 11.7. The van der Waals surface area contributed by atoms with E-state index in [4.69, 9.17) is 17.3 Å². The molecule has 3 nitrogen and oxygen atoms in total. The number of rotatable bonds is 3. The van der Waals surface area contributed by atoms with E-state index in [-0.39, 0.29) is 11.7 Å². The van der Waals surface area contributed by atoms with Gasteiger partial charge in [-0.05, 0) is 18.2 Å². The topological polar surface area (TPSA) is 60.2 Å². The number of Topliss-reactive ketones (excluding diaryl/α,β-unsaturated/α-hetero) is 1. The summed E-state index contributed by atoms with van der Waals surface area (Å²) in [5.41, 5.74) is 5.76. The van der Waals surface area contributed by atoms with E-state index in [2.05, 4.69) is 0 Å². The third kappa shape index (κ3) is 2.57. The zero-order valence-electron chi connectivity index (χ0n) is 8.58. The van der Waals surface area contributed by atoms with E-state index in [9.17, 15) is 9.59 Å². The predicted octanol–water partition coefficient (Wildman–Crippen LogP) is 2.28. The van der Waals surface area contributed by atoms with E-state index in [1.54, 1.807) is 13.8 Å². The molecular weight excluding hydrogens is 214 g/mol. The monoisotopic (exact) mass is 225 g/mol. The smallest absolute Gasteiger partial charge is 0.248 e. The maximum Gasteiger partial charge on any atom is 0.248 e. The minimum Gasteiger partial charge on any atom is -0.366 e. The van der Waals surface area contributed by atoms with Gasteiger partial charge >= 0.3 is 0 Å². The highest BCUT2D eigenvalue weighted by molar-refractivity contribution is 6.34. The number of hydrogen-bond donors (Lipinski definition) is 1. The first-order valence-electron chi connectivity index (χ1n) is 4.57. The van der Waals surface area contributed by atoms with Crippen molar-refractivity contribution < 1.29 is 9.59 Å². The van der Waals surface area contributed by atoms with Crippen LogP contribution in [0.2, 0.25) is 5.02 Å². The van der Waals surface area contributed by atoms with Gasteiger partial charge in [0.2, 0.25) is 5.91 Å². The number of nitrogens with two attached hydrogens (primary N) is 1. The number of amides is 1. The van der Waals surface area contributed by atoms with Crippen molar-refractivity contribution in [2.75, 3.05) is 0 Å². The van der Waals surface area contributed by atoms with Crippen LogP contribution in [0.3, 0.4) is 0 Å². The summed E-state index contributed by atoms with van der Waals surface area (Å²) < 4.78 is 0. The standard InChI is InChI=1S/C11H12ClNO2/c1-6(2)10(14)8-5-7(11(13)15)3-4-9(8)12/h3-6H,1-2H3,(H2,13,15). The minimum atomic E-state index is -0.565. The lowest BCUT2D eigenvalue weighted by Crippen LogP contribution is -2.14. The van der Waals surface area contributed by atoms with E-state index in [0.29, 0.717) is 16.1 Å². The van der Waals surface area contributed by atoms with Crippen LogP contribution in [-0.4, -0.2) is 11.7 Å². The average molecular weight is 226 g/mol. The first-order valence-corrected chi connectivity index (χ1v) is 4.95. The molecule has 1 amide bonds. The number of carbonyl (C=O) groups excluding carboxylic acids is 2. The van der Waals surface area contributed by atoms with Crippen LogP contribution in [0.4, 0.5) is 0 Å². The van der Waals surface area contributed by atoms with Gasteiger partial charge in [0, 0.05) is 17.0 Å². The molecule has 0 aliphatic rings. The Bertz CT molecular complexity index is 413. The highest BCUT2D eigenvalue weighted by atomic mass is 35.5. The van der Waals surface area contributed by atoms with Crippen LogP contribution in [0.1, 0.15) is 34.6 Å². The molecule has 0 saturated heterocycles. The molecule has 0 fully saturated rings. The van der Waals surface area contributed by atoms with Crippen molar-refractivity contribution in [3.8, 4) is 0 Å². The summed E-state index contributed by atoms with van der Waals surface area (Å²) in [6, 6.07) is 4.45. The number of halogens is 1. The van der Waals surface area contributed by atoms with Gasteiger partial charge in [-0.1, -0.05) is 25.4 Å². The number of carbonyl (C=O) groups is 2. The molecule has 0 aromatic heterocycles. The van der Waals surface area contributed by atoms with Gasteiger partial charge in [0.15, 0.2) is 5.78 Å². The fourth-order valence-corrected chi connectivity index (χ4v) is 1.39. The lowest BCUT2D eigenvalue weighted by molar-refractivity contribution is 0.0939. The number of benzene rings is 1. The Balaban J connectivity index is 3.22. The lowest BCUT2D eigenvalue weighted by atomic mass is 9.99. The van der Waals surface area contributed by atoms with Crippen molar-refractivity contribution in [1.29, 1.82) is 0 Å². The molecule has 1 rings (SSSR count). The summed E-state index contributed by atoms with van der Waals surface area (Å²) in [6.07, 6.45) is 0. The van der Waals surface area contributed by atoms with Crippen LogP contribution < -0.4 is 5.73 Å². The van der Waals surface area contributed by atoms with Gasteiger partial charge in [-0.15, -0.1) is 0 Å². The Kier molecular flexibility index (Phi) is 3.48. The van der Waals surface area contributed by atoms with Gasteiger partial charge in [-0.3, -0.25) is 9.59 Å². The van der Waals surface area contributed by atoms with Gasteiger partial charge in [-0.25, -0.2) is 0 Å². The third-order valence-electron chi connectivity index (χ3n) is 2.04. The second-order valence-electron chi connectivity index (χ2n) is 3.58. The Morgan fingerprint density at radius 3 is 2.40 bits per heavy atom. The number of primary amides is 1. The average Bonchev–Trinajstić information content (AvgIpc) is 2.16. The van der Waals surface area contributed by atoms with Gasteiger partial charge in [0.25, 0.3) is 0 Å². The Labute approximate surface area is 93.2 Å². The van der Waals surface area contributed by atoms with Crippen LogP contribution in [-0.2, 0) is 0 Å². The van der Waals surface area contributed by atoms with Crippen molar-refractivity contribution >= 4 is 23.3 Å². The van der Waals surface area contributed by atoms with Gasteiger partial charge in [-0.2, -0.15) is 0 Å². The molecule has 0 aliphatic carbocycles. The predicted molar refractivity (Wildman–Crippen MR) is 59.1 cm³/mol. The van der Waals surface area contributed by atoms with Gasteiger partial charge in [0.1, 0.15) is 0 Å². The highest BCUT2D eigenvalue weighted by Gasteiger charge is 2.15. The SMILES string of the molecule is CC(C)C(=O)c1cc(C(N)=O)ccc1Cl. The normalized spacial score (nSPS) is 10.4. The molecule has 0 bridgehead atoms. The molecule has 0 atom stereocenters. The summed E-state index contributed by atoms with van der Waals surface area (Å²) >= 11 is 5.87. The number of ketones is 1. The van der Waals surface area contributed by atoms with Crippen LogP contribution in [0.5, 0.6) is 0 Å². The van der Waals surface area contributed by atoms with Crippen LogP contribution in [0.25, 0.3) is 0 Å². The van der Waals surface area contributed by atoms with E-state index < -0.39 is 5.91 Å². The number of hydrogen-bond acceptors (Lipinski definition) is 2. The van der Waals surface area contributed by atoms with Gasteiger partial charge < -0.3 is 5.73 Å². The summed E-state index contributed by atoms with van der Waals surface area (Å²) in [5, 5.41) is 0.346. The first-order chi connectivity index (χ1) is 6.93. The molecule has 4 heteroatoms. The first kappa shape index (κ1) is 11.7. The Morgan fingerprint density at radius 1 is 1.33 bits per heavy atom. The van der Waals surface area contributed by atoms with Crippen molar-refractivity contribution in [2.24, 2.45) is 11.7 Å². The lowest BCUT2D eigenvalue weighted by Gasteiger charge is -2.07. The van der Waals surface area contributed by atoms with Crippen LogP contribution in [0, 0.1) is 5.92 Å². The molecule has 1 aromatic rings. The fraction of sp³-hybridized carbons (Fsp3) is 0.273. The molecule has 2 N–H and O–H groups in total. The maximum absolute atomic E-state index is 11.7. The summed E-state index contributed by atoms with van der Waals surface area (Å²) in [7, 11) is 0. The molecule has 15 heavy (non-hydrogen) atoms. The van der Waals surface area contributed by atoms with Crippen LogP contribution in [0.15, 0.2) is 18.2 Å². The largest absolute Gasteiger partial charge is 0.366 e. The summed E-state index contributed by atoms with van der Waals surface area (Å²) in [6.45, 7) is 3.55. The summed E-state index contributed by atoms with van der Waals surface area (Å²) in [4.78, 5) is 22.6. The minimum absolute atomic E-state index is 0.0944. The molecule has 0 radical (unpaired) electrons. The zero-order valence-corrected chi connectivity index (χ0v) is 9.34. The summed E-state index contributed by atoms with van der Waals surface area (Å²) in [5.74, 6) is -0.821. The Morgan fingerprint density at radius 2 is 1.93 bits per heavy atom. The molecule has 0 aliphatic heterocycles. The fourth-order valence-electron chi connectivity index (χ4n) is 1.18. The molecule has 0 heterocycles. The molecule has 0 saturated carbocycles. The van der Waals surface area contributed by atoms with E-state index in [1.807, 2.05) is 0 Å². The molecule has 1 aromatic carbocycles. The Hall–Kier alpha value is -1.35. The van der Waals surface area contributed by atoms with E-state index >= 15 is 0 Å². The molecule has 0 spiro atoms. The second kappa shape index (κ2) is 4.45. The molecular formula is C11H12ClNO2. The van der Waals surface area contributed by atoms with Gasteiger partial charge in [0.05, 0.1) is 5.02 Å². The van der Waals surface area contributed by atoms with Crippen molar-refractivity contribution in [1.82, 2.24) is 0 Å². The van der Waals surface area contributed by atoms with Crippen molar-refractivity contribution in [3.63, 3.8) is 0 Å². The van der Waals surface area contributed by atoms with Crippen molar-refractivity contribution in [3.05, 3.63) is 34.3 Å². The van der Waals surface area contributed by atoms with E-state index in [0.717, 1.165) is 0 Å². The highest BCUT2D eigenvalue weighted by Crippen LogP contribution is 2.20. The van der Waals surface area contributed by atoms with Crippen LogP contribution >= 0.6 is 11.6 Å². The zero-order chi connectivity index (χ0) is 11.6. The van der Waals surface area contributed by atoms with Crippen molar-refractivity contribution in [2.45, 2.75) is 13.8 Å². The molecule has 0 unspecified atom stereocenters. The second-order valence-corrected chi connectivity index (χ2v) is 3.99. The quantitative estimate of drug-likeness (QED) is 0.803.